The third-order valence-corrected chi connectivity index (χ3v) is 1.86. The van der Waals surface area contributed by atoms with E-state index in [0.29, 0.717) is 0 Å². The molecule has 0 aromatic rings. The van der Waals surface area contributed by atoms with Gasteiger partial charge < -0.3 is 14.7 Å². The number of hydrogen-bond acceptors (Lipinski definition) is 3. The summed E-state index contributed by atoms with van der Waals surface area (Å²) in [7, 11) is 2.04. The smallest absolute Gasteiger partial charge is 0.101 e. The van der Waals surface area contributed by atoms with E-state index >= 15 is 0 Å². The Morgan fingerprint density at radius 3 is 2.80 bits per heavy atom. The molecule has 1 atom stereocenters. The summed E-state index contributed by atoms with van der Waals surface area (Å²) >= 11 is 0. The number of ether oxygens (including phenoxy) is 1. The normalized spacial score (nSPS) is 36.3. The van der Waals surface area contributed by atoms with Crippen molar-refractivity contribution in [2.75, 3.05) is 33.4 Å². The van der Waals surface area contributed by atoms with Crippen LogP contribution in [0.5, 0.6) is 0 Å². The number of rotatable bonds is 1. The summed E-state index contributed by atoms with van der Waals surface area (Å²) in [5, 5.41) is 8.92. The van der Waals surface area contributed by atoms with Gasteiger partial charge in [-0.25, -0.2) is 0 Å². The van der Waals surface area contributed by atoms with Crippen molar-refractivity contribution in [3.63, 3.8) is 0 Å². The lowest BCUT2D eigenvalue weighted by molar-refractivity contribution is -0.116. The fourth-order valence-electron chi connectivity index (χ4n) is 1.24. The van der Waals surface area contributed by atoms with E-state index < -0.39 is 0 Å². The minimum absolute atomic E-state index is 0.108. The molecular weight excluding hydrogens is 130 g/mol. The molecule has 0 aliphatic carbocycles. The Balaban J connectivity index is 2.45. The molecule has 0 aromatic carbocycles. The Morgan fingerprint density at radius 2 is 2.40 bits per heavy atom. The van der Waals surface area contributed by atoms with Crippen LogP contribution in [0.15, 0.2) is 0 Å². The number of hydrogen-bond donors (Lipinski definition) is 1. The van der Waals surface area contributed by atoms with E-state index in [0.717, 1.165) is 19.7 Å². The number of morpholine rings is 1. The molecule has 1 saturated heterocycles. The maximum atomic E-state index is 8.92. The van der Waals surface area contributed by atoms with Crippen molar-refractivity contribution in [1.29, 1.82) is 0 Å². The quantitative estimate of drug-likeness (QED) is 0.550. The zero-order chi connectivity index (χ0) is 7.61. The highest BCUT2D eigenvalue weighted by Gasteiger charge is 2.29. The first-order valence-corrected chi connectivity index (χ1v) is 3.60. The fourth-order valence-corrected chi connectivity index (χ4v) is 1.24. The molecular formula is C7H15NO2. The number of nitrogens with zero attached hydrogens (tertiary/aromatic N) is 1. The van der Waals surface area contributed by atoms with Crippen LogP contribution in [0.1, 0.15) is 6.92 Å². The summed E-state index contributed by atoms with van der Waals surface area (Å²) in [5.74, 6) is 0. The average Bonchev–Trinajstić information content (AvgIpc) is 1.88. The van der Waals surface area contributed by atoms with Crippen molar-refractivity contribution >= 4 is 0 Å². The summed E-state index contributed by atoms with van der Waals surface area (Å²) in [6.45, 7) is 4.56. The van der Waals surface area contributed by atoms with Crippen molar-refractivity contribution in [1.82, 2.24) is 4.90 Å². The maximum Gasteiger partial charge on any atom is 0.101 e. The molecule has 1 aliphatic rings. The van der Waals surface area contributed by atoms with E-state index in [1.54, 1.807) is 0 Å². The zero-order valence-corrected chi connectivity index (χ0v) is 6.63. The molecule has 1 heterocycles. The van der Waals surface area contributed by atoms with Gasteiger partial charge in [-0.2, -0.15) is 0 Å². The second-order valence-corrected chi connectivity index (χ2v) is 3.19. The predicted octanol–water partition coefficient (Wildman–Crippen LogP) is -0.301. The lowest BCUT2D eigenvalue weighted by atomic mass is 10.1. The molecule has 0 bridgehead atoms. The van der Waals surface area contributed by atoms with Gasteiger partial charge in [0.05, 0.1) is 13.2 Å². The molecule has 60 valence electrons. The van der Waals surface area contributed by atoms with E-state index in [9.17, 15) is 0 Å². The van der Waals surface area contributed by atoms with Crippen LogP contribution in [0.2, 0.25) is 0 Å². The first-order chi connectivity index (χ1) is 4.66. The van der Waals surface area contributed by atoms with Crippen LogP contribution in [0.3, 0.4) is 0 Å². The second-order valence-electron chi connectivity index (χ2n) is 3.19. The fraction of sp³-hybridized carbons (Fsp3) is 1.00. The second kappa shape index (κ2) is 2.86. The molecule has 0 unspecified atom stereocenters. The molecule has 1 aliphatic heterocycles. The highest BCUT2D eigenvalue weighted by atomic mass is 16.5. The molecule has 0 radical (unpaired) electrons. The van der Waals surface area contributed by atoms with Gasteiger partial charge in [0, 0.05) is 13.1 Å². The van der Waals surface area contributed by atoms with Crippen molar-refractivity contribution in [3.8, 4) is 0 Å². The molecule has 3 heteroatoms. The van der Waals surface area contributed by atoms with Gasteiger partial charge in [-0.1, -0.05) is 0 Å². The summed E-state index contributed by atoms with van der Waals surface area (Å²) in [4.78, 5) is 2.17. The Kier molecular flexibility index (Phi) is 2.28. The largest absolute Gasteiger partial charge is 0.393 e. The Bertz CT molecular complexity index is 118. The molecule has 0 spiro atoms. The first kappa shape index (κ1) is 7.98. The van der Waals surface area contributed by atoms with Gasteiger partial charge in [0.15, 0.2) is 0 Å². The summed E-state index contributed by atoms with van der Waals surface area (Å²) < 4.78 is 5.39. The van der Waals surface area contributed by atoms with Crippen LogP contribution < -0.4 is 0 Å². The molecule has 10 heavy (non-hydrogen) atoms. The van der Waals surface area contributed by atoms with E-state index in [4.69, 9.17) is 9.84 Å². The van der Waals surface area contributed by atoms with Crippen LogP contribution in [0.4, 0.5) is 0 Å². The third kappa shape index (κ3) is 1.68. The minimum atomic E-state index is -0.326. The first-order valence-electron chi connectivity index (χ1n) is 3.60. The topological polar surface area (TPSA) is 32.7 Å². The summed E-state index contributed by atoms with van der Waals surface area (Å²) in [6, 6.07) is 0. The lowest BCUT2D eigenvalue weighted by Crippen LogP contribution is -2.50. The number of aliphatic hydroxyl groups excluding tert-OH is 1. The highest BCUT2D eigenvalue weighted by molar-refractivity contribution is 4.81. The van der Waals surface area contributed by atoms with Crippen molar-refractivity contribution in [2.45, 2.75) is 12.5 Å². The van der Waals surface area contributed by atoms with Gasteiger partial charge in [-0.15, -0.1) is 0 Å². The van der Waals surface area contributed by atoms with Crippen molar-refractivity contribution in [3.05, 3.63) is 0 Å². The maximum absolute atomic E-state index is 8.92. The van der Waals surface area contributed by atoms with Gasteiger partial charge in [-0.05, 0) is 14.0 Å². The van der Waals surface area contributed by atoms with Crippen molar-refractivity contribution < 1.29 is 9.84 Å². The van der Waals surface area contributed by atoms with Gasteiger partial charge >= 0.3 is 0 Å². The molecule has 3 nitrogen and oxygen atoms in total. The van der Waals surface area contributed by atoms with Gasteiger partial charge in [0.2, 0.25) is 0 Å². The number of likely N-dealkylation sites (N-methyl/N-ethyl adjacent to an activating group) is 1. The number of aliphatic hydroxyl groups is 1. The van der Waals surface area contributed by atoms with Crippen LogP contribution in [-0.2, 0) is 4.74 Å². The van der Waals surface area contributed by atoms with Crippen molar-refractivity contribution in [2.24, 2.45) is 0 Å². The Hall–Kier alpha value is -0.120. The molecule has 1 fully saturated rings. The molecule has 0 saturated carbocycles. The predicted molar refractivity (Wildman–Crippen MR) is 38.9 cm³/mol. The van der Waals surface area contributed by atoms with Crippen LogP contribution in [0, 0.1) is 0 Å². The van der Waals surface area contributed by atoms with Gasteiger partial charge in [0.25, 0.3) is 0 Å². The minimum Gasteiger partial charge on any atom is -0.393 e. The van der Waals surface area contributed by atoms with E-state index in [-0.39, 0.29) is 12.2 Å². The zero-order valence-electron chi connectivity index (χ0n) is 6.63. The monoisotopic (exact) mass is 145 g/mol. The average molecular weight is 145 g/mol. The lowest BCUT2D eigenvalue weighted by Gasteiger charge is -2.37. The van der Waals surface area contributed by atoms with E-state index in [2.05, 4.69) is 4.90 Å². The van der Waals surface area contributed by atoms with E-state index in [1.165, 1.54) is 0 Å². The molecule has 0 amide bonds. The molecule has 1 N–H and O–H groups in total. The Morgan fingerprint density at radius 1 is 1.70 bits per heavy atom. The third-order valence-electron chi connectivity index (χ3n) is 1.86. The van der Waals surface area contributed by atoms with Crippen LogP contribution in [-0.4, -0.2) is 49.0 Å². The molecule has 0 aromatic heterocycles. The highest BCUT2D eigenvalue weighted by Crippen LogP contribution is 2.14. The Labute approximate surface area is 61.6 Å². The van der Waals surface area contributed by atoms with Crippen LogP contribution >= 0.6 is 0 Å². The van der Waals surface area contributed by atoms with Crippen LogP contribution in [0.25, 0.3) is 0 Å². The SMILES string of the molecule is CN1CCO[C@@](C)(CO)C1. The molecule has 1 rings (SSSR count). The van der Waals surface area contributed by atoms with E-state index in [1.807, 2.05) is 14.0 Å². The summed E-state index contributed by atoms with van der Waals surface area (Å²) in [6.07, 6.45) is 0. The standard InChI is InChI=1S/C7H15NO2/c1-7(6-9)5-8(2)3-4-10-7/h9H,3-6H2,1-2H3/t7-/m1/s1. The summed E-state index contributed by atoms with van der Waals surface area (Å²) in [5.41, 5.74) is -0.326. The van der Waals surface area contributed by atoms with Gasteiger partial charge in [-0.3, -0.25) is 0 Å². The van der Waals surface area contributed by atoms with Gasteiger partial charge in [0.1, 0.15) is 5.60 Å².